The lowest BCUT2D eigenvalue weighted by molar-refractivity contribution is 0.00276. The highest BCUT2D eigenvalue weighted by Gasteiger charge is 2.48. The van der Waals surface area contributed by atoms with Gasteiger partial charge in [-0.25, -0.2) is 4.39 Å². The largest absolute Gasteiger partial charge is 0.377 e. The predicted molar refractivity (Wildman–Crippen MR) is 111 cm³/mol. The molecule has 0 aromatic rings. The number of hydrogen-bond donors (Lipinski definition) is 0. The van der Waals surface area contributed by atoms with Crippen molar-refractivity contribution in [2.45, 2.75) is 102 Å². The summed E-state index contributed by atoms with van der Waals surface area (Å²) in [6, 6.07) is 0. The minimum Gasteiger partial charge on any atom is -0.377 e. The van der Waals surface area contributed by atoms with Crippen molar-refractivity contribution in [1.29, 1.82) is 0 Å². The molecule has 4 rings (SSSR count). The average Bonchev–Trinajstić information content (AvgIpc) is 3.30. The summed E-state index contributed by atoms with van der Waals surface area (Å²) in [5.74, 6) is 0. The van der Waals surface area contributed by atoms with Crippen LogP contribution in [-0.4, -0.2) is 78.7 Å². The first kappa shape index (κ1) is 24.0. The zero-order valence-electron chi connectivity index (χ0n) is 18.4. The number of alkyl halides is 1. The summed E-state index contributed by atoms with van der Waals surface area (Å²) in [5, 5.41) is 0. The highest BCUT2D eigenvalue weighted by atomic mass is 19.1. The van der Waals surface area contributed by atoms with Crippen LogP contribution in [0, 0.1) is 0 Å². The number of fused-ring (bicyclic) bond motifs is 2. The van der Waals surface area contributed by atoms with Crippen molar-refractivity contribution in [3.8, 4) is 0 Å². The van der Waals surface area contributed by atoms with Gasteiger partial charge in [-0.15, -0.1) is 0 Å². The minimum atomic E-state index is -0.633. The SMILES string of the molecule is CC(C)OCC12CCCN1CCC2.CC(C)OC[C@]12CCCN1C[C@H](F)C2.F. The lowest BCUT2D eigenvalue weighted by atomic mass is 9.95. The molecule has 0 saturated carbocycles. The number of rotatable bonds is 6. The van der Waals surface area contributed by atoms with E-state index in [9.17, 15) is 4.39 Å². The van der Waals surface area contributed by atoms with Gasteiger partial charge in [0.15, 0.2) is 0 Å². The second-order valence-corrected chi connectivity index (χ2v) is 9.71. The van der Waals surface area contributed by atoms with Crippen molar-refractivity contribution < 1.29 is 18.6 Å². The minimum absolute atomic E-state index is 0. The average molecular weight is 405 g/mol. The Morgan fingerprint density at radius 2 is 1.29 bits per heavy atom. The Morgan fingerprint density at radius 3 is 1.82 bits per heavy atom. The molecule has 4 aliphatic heterocycles. The summed E-state index contributed by atoms with van der Waals surface area (Å²) in [4.78, 5) is 4.94. The summed E-state index contributed by atoms with van der Waals surface area (Å²) < 4.78 is 24.8. The molecular formula is C22H42F2N2O2. The maximum absolute atomic E-state index is 13.3. The van der Waals surface area contributed by atoms with E-state index < -0.39 is 6.17 Å². The van der Waals surface area contributed by atoms with Crippen LogP contribution in [0.1, 0.15) is 72.6 Å². The molecule has 28 heavy (non-hydrogen) atoms. The van der Waals surface area contributed by atoms with E-state index in [-0.39, 0.29) is 16.3 Å². The lowest BCUT2D eigenvalue weighted by Crippen LogP contribution is -2.43. The fraction of sp³-hybridized carbons (Fsp3) is 1.00. The van der Waals surface area contributed by atoms with Gasteiger partial charge < -0.3 is 9.47 Å². The van der Waals surface area contributed by atoms with Crippen LogP contribution in [0.3, 0.4) is 0 Å². The molecule has 0 spiro atoms. The molecule has 0 aromatic heterocycles. The van der Waals surface area contributed by atoms with Gasteiger partial charge in [-0.05, 0) is 85.9 Å². The smallest absolute Gasteiger partial charge is 0.115 e. The highest BCUT2D eigenvalue weighted by Crippen LogP contribution is 2.40. The predicted octanol–water partition coefficient (Wildman–Crippen LogP) is 4.18. The van der Waals surface area contributed by atoms with Crippen molar-refractivity contribution in [3.63, 3.8) is 0 Å². The van der Waals surface area contributed by atoms with Gasteiger partial charge in [0.2, 0.25) is 0 Å². The van der Waals surface area contributed by atoms with Gasteiger partial charge in [-0.2, -0.15) is 0 Å². The first-order chi connectivity index (χ1) is 12.9. The van der Waals surface area contributed by atoms with Crippen LogP contribution in [0.5, 0.6) is 0 Å². The molecule has 4 aliphatic rings. The first-order valence-electron chi connectivity index (χ1n) is 11.2. The highest BCUT2D eigenvalue weighted by molar-refractivity contribution is 5.03. The summed E-state index contributed by atoms with van der Waals surface area (Å²) in [7, 11) is 0. The number of halogens is 2. The molecule has 4 fully saturated rings. The normalized spacial score (nSPS) is 31.6. The van der Waals surface area contributed by atoms with Crippen LogP contribution in [-0.2, 0) is 9.47 Å². The van der Waals surface area contributed by atoms with Crippen molar-refractivity contribution >= 4 is 0 Å². The summed E-state index contributed by atoms with van der Waals surface area (Å²) in [6.07, 6.45) is 8.48. The third-order valence-corrected chi connectivity index (χ3v) is 6.94. The van der Waals surface area contributed by atoms with Crippen molar-refractivity contribution in [1.82, 2.24) is 9.80 Å². The fourth-order valence-corrected chi connectivity index (χ4v) is 5.55. The molecule has 4 saturated heterocycles. The molecule has 0 aliphatic carbocycles. The monoisotopic (exact) mass is 404 g/mol. The number of nitrogens with zero attached hydrogens (tertiary/aromatic N) is 2. The standard InChI is InChI=1S/C11H20FNO.C11H21NO.FH/c1-9(2)14-8-11-4-3-5-13(11)7-10(12)6-11;1-10(2)13-9-11-5-3-7-12(11)8-4-6-11;/h9-10H,3-8H2,1-2H3;10H,3-9H2,1-2H3;1H/t10-,11-;;/m1../s1. The van der Waals surface area contributed by atoms with E-state index in [0.717, 1.165) is 19.6 Å². The van der Waals surface area contributed by atoms with Crippen LogP contribution >= 0.6 is 0 Å². The van der Waals surface area contributed by atoms with E-state index in [1.165, 1.54) is 45.2 Å². The van der Waals surface area contributed by atoms with Gasteiger partial charge in [-0.1, -0.05) is 0 Å². The quantitative estimate of drug-likeness (QED) is 0.663. The molecule has 0 unspecified atom stereocenters. The Bertz CT molecular complexity index is 467. The summed E-state index contributed by atoms with van der Waals surface area (Å²) in [5.41, 5.74) is 0.494. The molecule has 0 aromatic carbocycles. The van der Waals surface area contributed by atoms with Crippen LogP contribution in [0.2, 0.25) is 0 Å². The molecule has 2 atom stereocenters. The Labute approximate surface area is 170 Å². The molecule has 4 heterocycles. The van der Waals surface area contributed by atoms with Crippen LogP contribution in [0.4, 0.5) is 9.09 Å². The Morgan fingerprint density at radius 1 is 0.821 bits per heavy atom. The second kappa shape index (κ2) is 10.1. The Hall–Kier alpha value is -0.300. The Balaban J connectivity index is 0.000000194. The van der Waals surface area contributed by atoms with E-state index in [1.807, 2.05) is 13.8 Å². The third-order valence-electron chi connectivity index (χ3n) is 6.94. The molecule has 0 amide bonds. The summed E-state index contributed by atoms with van der Waals surface area (Å²) >= 11 is 0. The molecule has 0 N–H and O–H groups in total. The van der Waals surface area contributed by atoms with E-state index in [1.54, 1.807) is 0 Å². The number of hydrogen-bond acceptors (Lipinski definition) is 4. The lowest BCUT2D eigenvalue weighted by Gasteiger charge is -2.32. The van der Waals surface area contributed by atoms with E-state index in [0.29, 0.717) is 31.2 Å². The molecule has 6 heteroatoms. The fourth-order valence-electron chi connectivity index (χ4n) is 5.55. The zero-order valence-corrected chi connectivity index (χ0v) is 18.4. The first-order valence-corrected chi connectivity index (χ1v) is 11.2. The van der Waals surface area contributed by atoms with Crippen LogP contribution < -0.4 is 0 Å². The van der Waals surface area contributed by atoms with E-state index in [4.69, 9.17) is 9.47 Å². The topological polar surface area (TPSA) is 24.9 Å². The maximum Gasteiger partial charge on any atom is 0.115 e. The van der Waals surface area contributed by atoms with Gasteiger partial charge in [-0.3, -0.25) is 14.5 Å². The van der Waals surface area contributed by atoms with Crippen molar-refractivity contribution in [3.05, 3.63) is 0 Å². The molecule has 166 valence electrons. The second-order valence-electron chi connectivity index (χ2n) is 9.71. The summed E-state index contributed by atoms with van der Waals surface area (Å²) in [6.45, 7) is 14.3. The van der Waals surface area contributed by atoms with E-state index >= 15 is 0 Å². The molecular weight excluding hydrogens is 362 g/mol. The van der Waals surface area contributed by atoms with Crippen LogP contribution in [0.15, 0.2) is 0 Å². The van der Waals surface area contributed by atoms with Crippen molar-refractivity contribution in [2.75, 3.05) is 39.4 Å². The van der Waals surface area contributed by atoms with Crippen LogP contribution in [0.25, 0.3) is 0 Å². The van der Waals surface area contributed by atoms with Gasteiger partial charge in [0.05, 0.1) is 25.4 Å². The third kappa shape index (κ3) is 5.44. The van der Waals surface area contributed by atoms with Crippen molar-refractivity contribution in [2.24, 2.45) is 0 Å². The zero-order chi connectivity index (χ0) is 19.5. The Kier molecular flexibility index (Phi) is 8.68. The van der Waals surface area contributed by atoms with E-state index in [2.05, 4.69) is 23.6 Å². The van der Waals surface area contributed by atoms with Gasteiger partial charge in [0, 0.05) is 24.0 Å². The molecule has 4 nitrogen and oxygen atoms in total. The van der Waals surface area contributed by atoms with Gasteiger partial charge >= 0.3 is 0 Å². The van der Waals surface area contributed by atoms with Gasteiger partial charge in [0.25, 0.3) is 0 Å². The molecule has 0 radical (unpaired) electrons. The van der Waals surface area contributed by atoms with Gasteiger partial charge in [0.1, 0.15) is 6.17 Å². The number of ether oxygens (including phenoxy) is 2. The maximum atomic E-state index is 13.3. The molecule has 0 bridgehead atoms.